The van der Waals surface area contributed by atoms with Crippen LogP contribution in [0, 0.1) is 5.92 Å². The van der Waals surface area contributed by atoms with E-state index in [-0.39, 0.29) is 17.9 Å². The van der Waals surface area contributed by atoms with E-state index in [2.05, 4.69) is 5.32 Å². The van der Waals surface area contributed by atoms with E-state index in [1.807, 2.05) is 13.8 Å². The summed E-state index contributed by atoms with van der Waals surface area (Å²) in [5.41, 5.74) is 4.99. The average molecular weight is 192 g/mol. The molecule has 0 radical (unpaired) electrons. The van der Waals surface area contributed by atoms with Gasteiger partial charge in [0.25, 0.3) is 5.92 Å². The van der Waals surface area contributed by atoms with Crippen LogP contribution in [-0.2, 0) is 0 Å². The van der Waals surface area contributed by atoms with Gasteiger partial charge in [-0.15, -0.1) is 0 Å². The van der Waals surface area contributed by atoms with Gasteiger partial charge in [-0.25, -0.2) is 8.78 Å². The minimum Gasteiger partial charge on any atom is -0.325 e. The van der Waals surface area contributed by atoms with E-state index in [0.717, 1.165) is 6.42 Å². The van der Waals surface area contributed by atoms with Gasteiger partial charge in [0.2, 0.25) is 0 Å². The minimum absolute atomic E-state index is 0.00927. The van der Waals surface area contributed by atoms with Gasteiger partial charge in [0.05, 0.1) is 6.54 Å². The molecule has 1 heterocycles. The Bertz CT molecular complexity index is 180. The van der Waals surface area contributed by atoms with Gasteiger partial charge in [0.1, 0.15) is 0 Å². The molecular formula is C9H18F2N2. The van der Waals surface area contributed by atoms with Gasteiger partial charge in [-0.3, -0.25) is 0 Å². The number of hydrogen-bond donors (Lipinski definition) is 2. The Kier molecular flexibility index (Phi) is 2.92. The predicted molar refractivity (Wildman–Crippen MR) is 48.8 cm³/mol. The van der Waals surface area contributed by atoms with Gasteiger partial charge in [-0.1, -0.05) is 0 Å². The molecule has 1 aliphatic heterocycles. The summed E-state index contributed by atoms with van der Waals surface area (Å²) in [5, 5.41) is 3.22. The van der Waals surface area contributed by atoms with Gasteiger partial charge < -0.3 is 11.1 Å². The second-order valence-corrected chi connectivity index (χ2v) is 4.60. The Labute approximate surface area is 77.9 Å². The normalized spacial score (nSPS) is 27.9. The average Bonchev–Trinajstić information content (AvgIpc) is 2.29. The van der Waals surface area contributed by atoms with Crippen LogP contribution >= 0.6 is 0 Å². The molecule has 78 valence electrons. The van der Waals surface area contributed by atoms with Gasteiger partial charge in [-0.05, 0) is 32.7 Å². The molecule has 1 saturated heterocycles. The Hall–Kier alpha value is -0.220. The fourth-order valence-electron chi connectivity index (χ4n) is 1.94. The van der Waals surface area contributed by atoms with Crippen LogP contribution in [0.1, 0.15) is 26.7 Å². The van der Waals surface area contributed by atoms with Crippen molar-refractivity contribution in [3.8, 4) is 0 Å². The highest BCUT2D eigenvalue weighted by Crippen LogP contribution is 2.31. The van der Waals surface area contributed by atoms with Crippen LogP contribution < -0.4 is 11.1 Å². The summed E-state index contributed by atoms with van der Waals surface area (Å²) in [5.74, 6) is -2.62. The summed E-state index contributed by atoms with van der Waals surface area (Å²) in [6.07, 6.45) is 0.725. The van der Waals surface area contributed by atoms with E-state index in [4.69, 9.17) is 5.73 Å². The Balaban J connectivity index is 2.40. The topological polar surface area (TPSA) is 38.0 Å². The molecule has 3 N–H and O–H groups in total. The molecule has 1 fully saturated rings. The molecule has 0 aromatic rings. The second-order valence-electron chi connectivity index (χ2n) is 4.60. The standard InChI is InChI=1S/C9H18F2N2/c1-8(2)3-7(5-13-8)4-9(10,11)6-12/h7,13H,3-6,12H2,1-2H3. The maximum absolute atomic E-state index is 12.9. The van der Waals surface area contributed by atoms with Crippen molar-refractivity contribution in [2.75, 3.05) is 13.1 Å². The van der Waals surface area contributed by atoms with E-state index in [0.29, 0.717) is 6.54 Å². The van der Waals surface area contributed by atoms with Crippen LogP contribution in [0.25, 0.3) is 0 Å². The molecule has 2 nitrogen and oxygen atoms in total. The minimum atomic E-state index is -2.69. The first-order valence-electron chi connectivity index (χ1n) is 4.68. The fraction of sp³-hybridized carbons (Fsp3) is 1.00. The van der Waals surface area contributed by atoms with E-state index in [1.54, 1.807) is 0 Å². The summed E-state index contributed by atoms with van der Waals surface area (Å²) in [6, 6.07) is 0. The van der Waals surface area contributed by atoms with Crippen molar-refractivity contribution in [3.63, 3.8) is 0 Å². The lowest BCUT2D eigenvalue weighted by atomic mass is 9.92. The third-order valence-electron chi connectivity index (χ3n) is 2.55. The molecule has 0 bridgehead atoms. The molecule has 1 atom stereocenters. The molecular weight excluding hydrogens is 174 g/mol. The number of alkyl halides is 2. The Morgan fingerprint density at radius 2 is 2.15 bits per heavy atom. The number of nitrogens with two attached hydrogens (primary N) is 1. The molecule has 0 amide bonds. The third-order valence-corrected chi connectivity index (χ3v) is 2.55. The highest BCUT2D eigenvalue weighted by molar-refractivity contribution is 4.91. The van der Waals surface area contributed by atoms with Gasteiger partial charge in [0, 0.05) is 12.0 Å². The lowest BCUT2D eigenvalue weighted by Crippen LogP contribution is -2.31. The van der Waals surface area contributed by atoms with Crippen LogP contribution in [-0.4, -0.2) is 24.6 Å². The largest absolute Gasteiger partial charge is 0.325 e. The van der Waals surface area contributed by atoms with E-state index in [9.17, 15) is 8.78 Å². The van der Waals surface area contributed by atoms with Crippen molar-refractivity contribution < 1.29 is 8.78 Å². The Morgan fingerprint density at radius 1 is 1.54 bits per heavy atom. The van der Waals surface area contributed by atoms with Gasteiger partial charge in [-0.2, -0.15) is 0 Å². The SMILES string of the molecule is CC1(C)CC(CC(F)(F)CN)CN1. The number of hydrogen-bond acceptors (Lipinski definition) is 2. The summed E-state index contributed by atoms with van der Waals surface area (Å²) < 4.78 is 25.8. The smallest absolute Gasteiger partial charge is 0.260 e. The van der Waals surface area contributed by atoms with Crippen LogP contribution in [0.4, 0.5) is 8.78 Å². The maximum Gasteiger partial charge on any atom is 0.260 e. The second kappa shape index (κ2) is 3.50. The van der Waals surface area contributed by atoms with Crippen LogP contribution in [0.15, 0.2) is 0 Å². The third kappa shape index (κ3) is 3.19. The van der Waals surface area contributed by atoms with Crippen LogP contribution in [0.5, 0.6) is 0 Å². The van der Waals surface area contributed by atoms with E-state index < -0.39 is 12.5 Å². The van der Waals surface area contributed by atoms with Crippen molar-refractivity contribution >= 4 is 0 Å². The van der Waals surface area contributed by atoms with Crippen molar-refractivity contribution in [3.05, 3.63) is 0 Å². The molecule has 0 aliphatic carbocycles. The van der Waals surface area contributed by atoms with Crippen LogP contribution in [0.3, 0.4) is 0 Å². The molecule has 0 aromatic heterocycles. The first-order valence-corrected chi connectivity index (χ1v) is 4.68. The maximum atomic E-state index is 12.9. The lowest BCUT2D eigenvalue weighted by Gasteiger charge is -2.20. The zero-order chi connectivity index (χ0) is 10.1. The summed E-state index contributed by atoms with van der Waals surface area (Å²) in [4.78, 5) is 0. The van der Waals surface area contributed by atoms with Crippen LogP contribution in [0.2, 0.25) is 0 Å². The van der Waals surface area contributed by atoms with Gasteiger partial charge in [0.15, 0.2) is 0 Å². The molecule has 13 heavy (non-hydrogen) atoms. The number of halogens is 2. The Morgan fingerprint density at radius 3 is 2.54 bits per heavy atom. The zero-order valence-corrected chi connectivity index (χ0v) is 8.24. The fourth-order valence-corrected chi connectivity index (χ4v) is 1.94. The predicted octanol–water partition coefficient (Wildman–Crippen LogP) is 1.36. The molecule has 1 aliphatic rings. The van der Waals surface area contributed by atoms with Crippen molar-refractivity contribution in [2.24, 2.45) is 11.7 Å². The first kappa shape index (κ1) is 10.9. The summed E-state index contributed by atoms with van der Waals surface area (Å²) >= 11 is 0. The van der Waals surface area contributed by atoms with E-state index in [1.165, 1.54) is 0 Å². The van der Waals surface area contributed by atoms with Gasteiger partial charge >= 0.3 is 0 Å². The van der Waals surface area contributed by atoms with Crippen molar-refractivity contribution in [2.45, 2.75) is 38.2 Å². The lowest BCUT2D eigenvalue weighted by molar-refractivity contribution is -0.0119. The summed E-state index contributed by atoms with van der Waals surface area (Å²) in [7, 11) is 0. The van der Waals surface area contributed by atoms with Crippen molar-refractivity contribution in [1.29, 1.82) is 0 Å². The zero-order valence-electron chi connectivity index (χ0n) is 8.24. The number of rotatable bonds is 3. The molecule has 0 saturated carbocycles. The highest BCUT2D eigenvalue weighted by atomic mass is 19.3. The molecule has 0 aromatic carbocycles. The first-order chi connectivity index (χ1) is 5.85. The summed E-state index contributed by atoms with van der Waals surface area (Å²) in [6.45, 7) is 4.22. The highest BCUT2D eigenvalue weighted by Gasteiger charge is 2.37. The molecule has 0 spiro atoms. The molecule has 1 unspecified atom stereocenters. The molecule has 4 heteroatoms. The number of nitrogens with one attached hydrogen (secondary N) is 1. The molecule has 1 rings (SSSR count). The quantitative estimate of drug-likeness (QED) is 0.708. The van der Waals surface area contributed by atoms with Crippen molar-refractivity contribution in [1.82, 2.24) is 5.32 Å². The monoisotopic (exact) mass is 192 g/mol. The van der Waals surface area contributed by atoms with E-state index >= 15 is 0 Å².